The zero-order valence-electron chi connectivity index (χ0n) is 17.5. The van der Waals surface area contributed by atoms with Gasteiger partial charge in [0.05, 0.1) is 11.5 Å². The standard InChI is InChI=1S/C22H22F3N3O3S2/c23-22(24,25)10-8-16(15-4-2-1-3-5-15)12-17-9-11-31-20-13-18(6-7-19(17)20)33(29,30)28-21-26-14-27-32-21/h1-7,13-14,16-17H,8-12H2,(H,26,27,28)/t16?,17-/m1/s1. The number of hydrogen-bond donors (Lipinski definition) is 1. The Balaban J connectivity index is 1.56. The lowest BCUT2D eigenvalue weighted by Crippen LogP contribution is -2.19. The molecule has 0 radical (unpaired) electrons. The third kappa shape index (κ3) is 6.02. The summed E-state index contributed by atoms with van der Waals surface area (Å²) >= 11 is 0.922. The van der Waals surface area contributed by atoms with Crippen molar-refractivity contribution in [3.8, 4) is 5.75 Å². The van der Waals surface area contributed by atoms with Crippen LogP contribution in [0, 0.1) is 0 Å². The van der Waals surface area contributed by atoms with E-state index in [1.54, 1.807) is 6.07 Å². The monoisotopic (exact) mass is 497 g/mol. The van der Waals surface area contributed by atoms with E-state index in [9.17, 15) is 21.6 Å². The lowest BCUT2D eigenvalue weighted by molar-refractivity contribution is -0.136. The summed E-state index contributed by atoms with van der Waals surface area (Å²) in [5.41, 5.74) is 1.68. The van der Waals surface area contributed by atoms with E-state index in [4.69, 9.17) is 4.74 Å². The third-order valence-electron chi connectivity index (χ3n) is 5.66. The normalized spacial score (nSPS) is 17.1. The number of benzene rings is 2. The van der Waals surface area contributed by atoms with E-state index in [0.717, 1.165) is 22.7 Å². The summed E-state index contributed by atoms with van der Waals surface area (Å²) in [5.74, 6) is 0.125. The van der Waals surface area contributed by atoms with Crippen LogP contribution in [0.1, 0.15) is 48.6 Å². The van der Waals surface area contributed by atoms with Crippen LogP contribution >= 0.6 is 11.5 Å². The summed E-state index contributed by atoms with van der Waals surface area (Å²) in [6.45, 7) is 0.367. The fraction of sp³-hybridized carbons (Fsp3) is 0.364. The number of halogens is 3. The zero-order chi connectivity index (χ0) is 23.5. The summed E-state index contributed by atoms with van der Waals surface area (Å²) in [6.07, 6.45) is -2.65. The van der Waals surface area contributed by atoms with Gasteiger partial charge >= 0.3 is 6.18 Å². The van der Waals surface area contributed by atoms with Gasteiger partial charge in [0.1, 0.15) is 12.1 Å². The molecule has 2 aromatic carbocycles. The van der Waals surface area contributed by atoms with Crippen molar-refractivity contribution in [3.63, 3.8) is 0 Å². The molecule has 6 nitrogen and oxygen atoms in total. The quantitative estimate of drug-likeness (QED) is 0.430. The first kappa shape index (κ1) is 23.5. The van der Waals surface area contributed by atoms with Crippen LogP contribution in [-0.4, -0.2) is 30.6 Å². The molecule has 0 saturated heterocycles. The molecule has 2 heterocycles. The van der Waals surface area contributed by atoms with E-state index in [1.165, 1.54) is 18.5 Å². The molecule has 1 aromatic heterocycles. The number of ether oxygens (including phenoxy) is 1. The first-order chi connectivity index (χ1) is 15.7. The second-order valence-electron chi connectivity index (χ2n) is 7.88. The molecule has 1 aliphatic rings. The number of hydrogen-bond acceptors (Lipinski definition) is 6. The van der Waals surface area contributed by atoms with Crippen molar-refractivity contribution in [2.24, 2.45) is 0 Å². The number of fused-ring (bicyclic) bond motifs is 1. The molecular formula is C22H22F3N3O3S2. The Morgan fingerprint density at radius 3 is 2.67 bits per heavy atom. The Hall–Kier alpha value is -2.66. The van der Waals surface area contributed by atoms with E-state index >= 15 is 0 Å². The SMILES string of the molecule is O=S(=O)(Nc1ncns1)c1ccc2c(c1)OCC[C@@H]2CC(CCC(F)(F)F)c1ccccc1. The van der Waals surface area contributed by atoms with Gasteiger partial charge in [0.2, 0.25) is 5.13 Å². The minimum Gasteiger partial charge on any atom is -0.493 e. The Morgan fingerprint density at radius 2 is 1.97 bits per heavy atom. The van der Waals surface area contributed by atoms with Crippen LogP contribution in [0.3, 0.4) is 0 Å². The molecule has 0 bridgehead atoms. The van der Waals surface area contributed by atoms with Crippen LogP contribution < -0.4 is 9.46 Å². The smallest absolute Gasteiger partial charge is 0.389 e. The Morgan fingerprint density at radius 1 is 1.18 bits per heavy atom. The molecule has 11 heteroatoms. The summed E-state index contributed by atoms with van der Waals surface area (Å²) in [7, 11) is -3.87. The number of anilines is 1. The molecule has 33 heavy (non-hydrogen) atoms. The maximum atomic E-state index is 13.0. The van der Waals surface area contributed by atoms with Crippen LogP contribution in [0.4, 0.5) is 18.3 Å². The second kappa shape index (κ2) is 9.68. The van der Waals surface area contributed by atoms with Gasteiger partial charge in [-0.1, -0.05) is 36.4 Å². The van der Waals surface area contributed by atoms with Crippen LogP contribution in [0.2, 0.25) is 0 Å². The Bertz CT molecular complexity index is 1170. The molecular weight excluding hydrogens is 475 g/mol. The highest BCUT2D eigenvalue weighted by Crippen LogP contribution is 2.43. The van der Waals surface area contributed by atoms with Crippen molar-refractivity contribution in [1.82, 2.24) is 9.36 Å². The minimum absolute atomic E-state index is 0.00155. The van der Waals surface area contributed by atoms with Crippen molar-refractivity contribution >= 4 is 26.7 Å². The van der Waals surface area contributed by atoms with Gasteiger partial charge < -0.3 is 4.74 Å². The molecule has 176 valence electrons. The van der Waals surface area contributed by atoms with E-state index in [-0.39, 0.29) is 28.3 Å². The average Bonchev–Trinajstić information content (AvgIpc) is 3.28. The van der Waals surface area contributed by atoms with E-state index in [0.29, 0.717) is 25.2 Å². The minimum atomic E-state index is -4.22. The van der Waals surface area contributed by atoms with Crippen LogP contribution in [0.25, 0.3) is 0 Å². The molecule has 1 unspecified atom stereocenters. The number of nitrogens with zero attached hydrogens (tertiary/aromatic N) is 2. The number of aromatic nitrogens is 2. The Labute approximate surface area is 194 Å². The van der Waals surface area contributed by atoms with Gasteiger partial charge in [-0.15, -0.1) is 0 Å². The fourth-order valence-corrected chi connectivity index (χ4v) is 5.75. The first-order valence-corrected chi connectivity index (χ1v) is 12.6. The number of rotatable bonds is 8. The molecule has 1 N–H and O–H groups in total. The van der Waals surface area contributed by atoms with Crippen LogP contribution in [-0.2, 0) is 10.0 Å². The average molecular weight is 498 g/mol. The van der Waals surface area contributed by atoms with Crippen molar-refractivity contribution < 1.29 is 26.3 Å². The number of nitrogens with one attached hydrogen (secondary N) is 1. The van der Waals surface area contributed by atoms with Crippen LogP contribution in [0.15, 0.2) is 59.8 Å². The lowest BCUT2D eigenvalue weighted by atomic mass is 9.80. The van der Waals surface area contributed by atoms with E-state index in [1.807, 2.05) is 30.3 Å². The van der Waals surface area contributed by atoms with Gasteiger partial charge in [-0.2, -0.15) is 17.5 Å². The predicted octanol–water partition coefficient (Wildman–Crippen LogP) is 5.72. The van der Waals surface area contributed by atoms with Gasteiger partial charge in [-0.3, -0.25) is 4.72 Å². The summed E-state index contributed by atoms with van der Waals surface area (Å²) in [5, 5.41) is 0.155. The molecule has 3 aromatic rings. The molecule has 0 fully saturated rings. The molecule has 0 aliphatic carbocycles. The molecule has 0 spiro atoms. The molecule has 0 saturated carbocycles. The summed E-state index contributed by atoms with van der Waals surface area (Å²) < 4.78 is 76.1. The van der Waals surface area contributed by atoms with E-state index < -0.39 is 22.6 Å². The van der Waals surface area contributed by atoms with Gasteiger partial charge in [0.25, 0.3) is 10.0 Å². The highest BCUT2D eigenvalue weighted by atomic mass is 32.2. The molecule has 1 aliphatic heterocycles. The van der Waals surface area contributed by atoms with E-state index in [2.05, 4.69) is 14.1 Å². The third-order valence-corrected chi connectivity index (χ3v) is 7.70. The predicted molar refractivity (Wildman–Crippen MR) is 119 cm³/mol. The lowest BCUT2D eigenvalue weighted by Gasteiger charge is -2.30. The van der Waals surface area contributed by atoms with Crippen molar-refractivity contribution in [3.05, 3.63) is 66.0 Å². The molecule has 2 atom stereocenters. The van der Waals surface area contributed by atoms with Gasteiger partial charge in [-0.05, 0) is 48.3 Å². The van der Waals surface area contributed by atoms with Crippen molar-refractivity contribution in [2.45, 2.75) is 48.6 Å². The number of sulfonamides is 1. The first-order valence-electron chi connectivity index (χ1n) is 10.4. The highest BCUT2D eigenvalue weighted by molar-refractivity contribution is 7.93. The van der Waals surface area contributed by atoms with Gasteiger partial charge in [0, 0.05) is 24.0 Å². The summed E-state index contributed by atoms with van der Waals surface area (Å²) in [4.78, 5) is 3.85. The number of alkyl halides is 3. The topological polar surface area (TPSA) is 81.2 Å². The highest BCUT2D eigenvalue weighted by Gasteiger charge is 2.32. The molecule has 4 rings (SSSR count). The van der Waals surface area contributed by atoms with Crippen molar-refractivity contribution in [2.75, 3.05) is 11.3 Å². The van der Waals surface area contributed by atoms with Crippen LogP contribution in [0.5, 0.6) is 5.75 Å². The van der Waals surface area contributed by atoms with Gasteiger partial charge in [-0.25, -0.2) is 13.4 Å². The largest absolute Gasteiger partial charge is 0.493 e. The van der Waals surface area contributed by atoms with Gasteiger partial charge in [0.15, 0.2) is 0 Å². The zero-order valence-corrected chi connectivity index (χ0v) is 19.1. The maximum absolute atomic E-state index is 13.0. The summed E-state index contributed by atoms with van der Waals surface area (Å²) in [6, 6.07) is 13.8. The van der Waals surface area contributed by atoms with Crippen molar-refractivity contribution in [1.29, 1.82) is 0 Å². The molecule has 0 amide bonds. The second-order valence-corrected chi connectivity index (χ2v) is 10.3. The maximum Gasteiger partial charge on any atom is 0.389 e. The Kier molecular flexibility index (Phi) is 6.89. The fourth-order valence-electron chi connectivity index (χ4n) is 4.07.